The van der Waals surface area contributed by atoms with E-state index in [-0.39, 0.29) is 17.0 Å². The summed E-state index contributed by atoms with van der Waals surface area (Å²) in [7, 11) is 0. The number of furan rings is 1. The first-order valence-corrected chi connectivity index (χ1v) is 9.19. The van der Waals surface area contributed by atoms with Gasteiger partial charge in [-0.3, -0.25) is 15.1 Å². The van der Waals surface area contributed by atoms with Crippen LogP contribution >= 0.6 is 12.2 Å². The number of ether oxygens (including phenoxy) is 1. The van der Waals surface area contributed by atoms with Gasteiger partial charge in [0.15, 0.2) is 16.5 Å². The lowest BCUT2D eigenvalue weighted by atomic mass is 10.2. The molecule has 1 unspecified atom stereocenters. The summed E-state index contributed by atoms with van der Waals surface area (Å²) in [6.45, 7) is 4.14. The van der Waals surface area contributed by atoms with Gasteiger partial charge in [-0.1, -0.05) is 25.5 Å². The molecule has 2 N–H and O–H groups in total. The minimum Gasteiger partial charge on any atom is -0.489 e. The van der Waals surface area contributed by atoms with Gasteiger partial charge >= 0.3 is 0 Å². The summed E-state index contributed by atoms with van der Waals surface area (Å²) in [6.07, 6.45) is 5.29. The average molecular weight is 383 g/mol. The summed E-state index contributed by atoms with van der Waals surface area (Å²) in [5.74, 6) is 0.426. The van der Waals surface area contributed by atoms with Crippen molar-refractivity contribution >= 4 is 39.9 Å². The lowest BCUT2D eigenvalue weighted by molar-refractivity contribution is 0.0953. The highest BCUT2D eigenvalue weighted by molar-refractivity contribution is 7.80. The third kappa shape index (κ3) is 4.83. The molecule has 0 aliphatic carbocycles. The Morgan fingerprint density at radius 3 is 2.93 bits per heavy atom. The van der Waals surface area contributed by atoms with E-state index >= 15 is 0 Å². The number of carbonyl (C=O) groups is 1. The van der Waals surface area contributed by atoms with E-state index in [0.29, 0.717) is 17.0 Å². The van der Waals surface area contributed by atoms with Gasteiger partial charge in [0.1, 0.15) is 5.75 Å². The summed E-state index contributed by atoms with van der Waals surface area (Å²) in [5.41, 5.74) is 1.24. The molecule has 140 valence electrons. The van der Waals surface area contributed by atoms with E-state index in [1.165, 1.54) is 0 Å². The molecule has 2 aromatic heterocycles. The molecule has 0 aliphatic heterocycles. The van der Waals surface area contributed by atoms with Crippen LogP contribution in [-0.2, 0) is 0 Å². The molecule has 2 heterocycles. The van der Waals surface area contributed by atoms with Gasteiger partial charge in [0.05, 0.1) is 18.0 Å². The molecule has 27 heavy (non-hydrogen) atoms. The molecule has 0 radical (unpaired) electrons. The van der Waals surface area contributed by atoms with Crippen LogP contribution in [0.2, 0.25) is 0 Å². The fourth-order valence-electron chi connectivity index (χ4n) is 2.67. The molecule has 0 fully saturated rings. The van der Waals surface area contributed by atoms with Crippen LogP contribution in [0.25, 0.3) is 11.0 Å². The first-order chi connectivity index (χ1) is 13.1. The monoisotopic (exact) mass is 383 g/mol. The number of amides is 1. The predicted octanol–water partition coefficient (Wildman–Crippen LogP) is 4.52. The fourth-order valence-corrected chi connectivity index (χ4v) is 2.87. The van der Waals surface area contributed by atoms with E-state index in [0.717, 1.165) is 18.2 Å². The number of anilines is 1. The third-order valence-corrected chi connectivity index (χ3v) is 4.14. The number of fused-ring (bicyclic) bond motifs is 1. The standard InChI is InChI=1S/C20H21N3O3S/c1-3-6-13(2)25-16-8-5-4-7-15(16)22-20(27)23-19(24)17-11-14-9-10-21-12-18(14)26-17/h4-5,7-13H,3,6H2,1-2H3,(H2,22,23,24,27). The topological polar surface area (TPSA) is 76.4 Å². The molecule has 3 aromatic rings. The molecule has 0 bridgehead atoms. The van der Waals surface area contributed by atoms with Gasteiger partial charge in [-0.15, -0.1) is 0 Å². The van der Waals surface area contributed by atoms with Crippen LogP contribution in [0.5, 0.6) is 5.75 Å². The Labute approximate surface area is 162 Å². The lowest BCUT2D eigenvalue weighted by Crippen LogP contribution is -2.34. The van der Waals surface area contributed by atoms with Crippen molar-refractivity contribution in [1.29, 1.82) is 0 Å². The summed E-state index contributed by atoms with van der Waals surface area (Å²) < 4.78 is 11.5. The van der Waals surface area contributed by atoms with Crippen molar-refractivity contribution in [1.82, 2.24) is 10.3 Å². The number of rotatable bonds is 6. The Hall–Kier alpha value is -2.93. The summed E-state index contributed by atoms with van der Waals surface area (Å²) in [5, 5.41) is 6.60. The Morgan fingerprint density at radius 2 is 2.15 bits per heavy atom. The molecule has 0 saturated heterocycles. The smallest absolute Gasteiger partial charge is 0.293 e. The first-order valence-electron chi connectivity index (χ1n) is 8.78. The van der Waals surface area contributed by atoms with Crippen LogP contribution in [-0.4, -0.2) is 22.1 Å². The quantitative estimate of drug-likeness (QED) is 0.610. The number of aromatic nitrogens is 1. The van der Waals surface area contributed by atoms with E-state index in [9.17, 15) is 4.79 Å². The van der Waals surface area contributed by atoms with E-state index in [1.54, 1.807) is 24.5 Å². The first kappa shape index (κ1) is 18.8. The molecule has 3 rings (SSSR count). The van der Waals surface area contributed by atoms with Gasteiger partial charge < -0.3 is 14.5 Å². The fraction of sp³-hybridized carbons (Fsp3) is 0.250. The molecule has 0 aliphatic rings. The number of carbonyl (C=O) groups excluding carboxylic acids is 1. The van der Waals surface area contributed by atoms with Gasteiger partial charge in [0, 0.05) is 11.6 Å². The predicted molar refractivity (Wildman–Crippen MR) is 109 cm³/mol. The van der Waals surface area contributed by atoms with Gasteiger partial charge in [0.2, 0.25) is 0 Å². The number of para-hydroxylation sites is 2. The van der Waals surface area contributed by atoms with Crippen LogP contribution < -0.4 is 15.4 Å². The van der Waals surface area contributed by atoms with Crippen LogP contribution in [0, 0.1) is 0 Å². The van der Waals surface area contributed by atoms with Crippen molar-refractivity contribution in [2.24, 2.45) is 0 Å². The van der Waals surface area contributed by atoms with Gasteiger partial charge in [-0.05, 0) is 49.8 Å². The highest BCUT2D eigenvalue weighted by Gasteiger charge is 2.15. The van der Waals surface area contributed by atoms with Gasteiger partial charge in [-0.25, -0.2) is 0 Å². The van der Waals surface area contributed by atoms with E-state index in [4.69, 9.17) is 21.4 Å². The van der Waals surface area contributed by atoms with Crippen LogP contribution in [0.4, 0.5) is 5.69 Å². The maximum Gasteiger partial charge on any atom is 0.293 e. The van der Waals surface area contributed by atoms with Crippen molar-refractivity contribution in [3.63, 3.8) is 0 Å². The van der Waals surface area contributed by atoms with Gasteiger partial charge in [0.25, 0.3) is 5.91 Å². The lowest BCUT2D eigenvalue weighted by Gasteiger charge is -2.18. The number of nitrogens with one attached hydrogen (secondary N) is 2. The second-order valence-electron chi connectivity index (χ2n) is 6.15. The molecule has 0 saturated carbocycles. The van der Waals surface area contributed by atoms with Crippen molar-refractivity contribution in [2.45, 2.75) is 32.8 Å². The number of thiocarbonyl (C=S) groups is 1. The maximum atomic E-state index is 12.4. The highest BCUT2D eigenvalue weighted by Crippen LogP contribution is 2.25. The third-order valence-electron chi connectivity index (χ3n) is 3.93. The molecule has 1 atom stereocenters. The summed E-state index contributed by atoms with van der Waals surface area (Å²) >= 11 is 5.26. The molecule has 0 spiro atoms. The molecule has 1 amide bonds. The van der Waals surface area contributed by atoms with Crippen LogP contribution in [0.15, 0.2) is 53.2 Å². The SMILES string of the molecule is CCCC(C)Oc1ccccc1NC(=S)NC(=O)c1cc2ccncc2o1. The Balaban J connectivity index is 1.66. The molecular weight excluding hydrogens is 362 g/mol. The number of pyridine rings is 1. The number of hydrogen-bond acceptors (Lipinski definition) is 5. The second-order valence-corrected chi connectivity index (χ2v) is 6.55. The second kappa shape index (κ2) is 8.64. The Morgan fingerprint density at radius 1 is 1.33 bits per heavy atom. The normalized spacial score (nSPS) is 11.8. The molecule has 1 aromatic carbocycles. The van der Waals surface area contributed by atoms with Crippen molar-refractivity contribution in [3.8, 4) is 5.75 Å². The van der Waals surface area contributed by atoms with E-state index in [2.05, 4.69) is 22.5 Å². The van der Waals surface area contributed by atoms with Crippen molar-refractivity contribution < 1.29 is 13.9 Å². The number of hydrogen-bond donors (Lipinski definition) is 2. The van der Waals surface area contributed by atoms with E-state index < -0.39 is 5.91 Å². The highest BCUT2D eigenvalue weighted by atomic mass is 32.1. The number of benzene rings is 1. The minimum absolute atomic E-state index is 0.0882. The van der Waals surface area contributed by atoms with Crippen molar-refractivity contribution in [3.05, 3.63) is 54.6 Å². The Kier molecular flexibility index (Phi) is 6.03. The van der Waals surface area contributed by atoms with Gasteiger partial charge in [-0.2, -0.15) is 0 Å². The largest absolute Gasteiger partial charge is 0.489 e. The van der Waals surface area contributed by atoms with Crippen LogP contribution in [0.1, 0.15) is 37.2 Å². The minimum atomic E-state index is -0.429. The summed E-state index contributed by atoms with van der Waals surface area (Å²) in [4.78, 5) is 16.3. The Bertz CT molecular complexity index is 921. The molecule has 7 heteroatoms. The molecular formula is C20H21N3O3S. The van der Waals surface area contributed by atoms with E-state index in [1.807, 2.05) is 31.2 Å². The molecule has 6 nitrogen and oxygen atoms in total. The zero-order valence-electron chi connectivity index (χ0n) is 15.2. The zero-order valence-corrected chi connectivity index (χ0v) is 16.0. The average Bonchev–Trinajstić information content (AvgIpc) is 3.08. The number of nitrogens with zero attached hydrogens (tertiary/aromatic N) is 1. The van der Waals surface area contributed by atoms with Crippen molar-refractivity contribution in [2.75, 3.05) is 5.32 Å². The zero-order chi connectivity index (χ0) is 19.2. The summed E-state index contributed by atoms with van der Waals surface area (Å²) in [6, 6.07) is 10.9. The van der Waals surface area contributed by atoms with Crippen LogP contribution in [0.3, 0.4) is 0 Å². The maximum absolute atomic E-state index is 12.4.